The number of carbonyl (C=O) groups excluding carboxylic acids is 1. The third-order valence-corrected chi connectivity index (χ3v) is 4.48. The Morgan fingerprint density at radius 1 is 1.14 bits per heavy atom. The Hall–Kier alpha value is -3.61. The molecule has 1 N–H and O–H groups in total. The van der Waals surface area contributed by atoms with Gasteiger partial charge in [0.1, 0.15) is 0 Å². The van der Waals surface area contributed by atoms with Crippen LogP contribution in [0.4, 0.5) is 11.4 Å². The minimum atomic E-state index is -0.990. The number of carboxylic acid groups (broad SMARTS) is 1. The summed E-state index contributed by atoms with van der Waals surface area (Å²) in [5, 5.41) is 15.2. The maximum atomic E-state index is 12.4. The maximum absolute atomic E-state index is 12.4. The van der Waals surface area contributed by atoms with Crippen LogP contribution < -0.4 is 9.91 Å². The van der Waals surface area contributed by atoms with E-state index in [4.69, 9.17) is 9.84 Å². The molecule has 0 unspecified atom stereocenters. The third kappa shape index (κ3) is 4.63. The largest absolute Gasteiger partial charge is 0.478 e. The van der Waals surface area contributed by atoms with Gasteiger partial charge in [0, 0.05) is 25.4 Å². The normalized spacial score (nSPS) is 14.7. The molecule has 0 radical (unpaired) electrons. The molecule has 0 atom stereocenters. The van der Waals surface area contributed by atoms with E-state index in [1.54, 1.807) is 24.1 Å². The van der Waals surface area contributed by atoms with E-state index in [-0.39, 0.29) is 17.9 Å². The van der Waals surface area contributed by atoms with E-state index in [0.29, 0.717) is 12.2 Å². The van der Waals surface area contributed by atoms with Crippen molar-refractivity contribution in [3.8, 4) is 0 Å². The van der Waals surface area contributed by atoms with Gasteiger partial charge in [-0.1, -0.05) is 12.1 Å². The molecule has 0 amide bonds. The fourth-order valence-corrected chi connectivity index (χ4v) is 2.94. The summed E-state index contributed by atoms with van der Waals surface area (Å²) in [6, 6.07) is 14.3. The summed E-state index contributed by atoms with van der Waals surface area (Å²) >= 11 is 0. The molecule has 1 heterocycles. The van der Waals surface area contributed by atoms with Gasteiger partial charge in [-0.05, 0) is 55.0 Å². The highest BCUT2D eigenvalue weighted by Crippen LogP contribution is 2.25. The molecule has 0 bridgehead atoms. The molecule has 0 aliphatic carbocycles. The summed E-state index contributed by atoms with van der Waals surface area (Å²) in [7, 11) is 3.95. The van der Waals surface area contributed by atoms with E-state index < -0.39 is 11.9 Å². The number of nitrogens with zero attached hydrogens (tertiary/aromatic N) is 3. The van der Waals surface area contributed by atoms with Gasteiger partial charge in [-0.2, -0.15) is 5.10 Å². The van der Waals surface area contributed by atoms with Crippen molar-refractivity contribution in [1.82, 2.24) is 0 Å². The summed E-state index contributed by atoms with van der Waals surface area (Å²) in [6.45, 7) is 2.39. The van der Waals surface area contributed by atoms with Crippen LogP contribution in [0.25, 0.3) is 6.08 Å². The SMILES string of the molecule is CCOC(=O)C1=NN(c2ccc(C(=O)O)cc2)CC1=Cc1ccc(N(C)C)cc1. The Morgan fingerprint density at radius 3 is 2.34 bits per heavy atom. The molecule has 0 fully saturated rings. The van der Waals surface area contributed by atoms with Crippen LogP contribution in [-0.2, 0) is 9.53 Å². The quantitative estimate of drug-likeness (QED) is 0.759. The highest BCUT2D eigenvalue weighted by Gasteiger charge is 2.28. The molecule has 0 aromatic heterocycles. The Labute approximate surface area is 169 Å². The maximum Gasteiger partial charge on any atom is 0.359 e. The first-order valence-corrected chi connectivity index (χ1v) is 9.24. The second-order valence-corrected chi connectivity index (χ2v) is 6.73. The van der Waals surface area contributed by atoms with Gasteiger partial charge < -0.3 is 14.7 Å². The monoisotopic (exact) mass is 393 g/mol. The lowest BCUT2D eigenvalue weighted by atomic mass is 10.1. The average Bonchev–Trinajstić information content (AvgIpc) is 3.12. The number of aromatic carboxylic acids is 1. The van der Waals surface area contributed by atoms with Gasteiger partial charge in [-0.3, -0.25) is 5.01 Å². The topological polar surface area (TPSA) is 82.4 Å². The van der Waals surface area contributed by atoms with Crippen LogP contribution in [0.1, 0.15) is 22.8 Å². The zero-order valence-corrected chi connectivity index (χ0v) is 16.6. The van der Waals surface area contributed by atoms with Crippen molar-refractivity contribution in [2.45, 2.75) is 6.92 Å². The number of hydrogen-bond donors (Lipinski definition) is 1. The average molecular weight is 393 g/mol. The molecule has 1 aliphatic heterocycles. The minimum absolute atomic E-state index is 0.194. The van der Waals surface area contributed by atoms with Gasteiger partial charge in [0.15, 0.2) is 5.71 Å². The van der Waals surface area contributed by atoms with Gasteiger partial charge in [0.2, 0.25) is 0 Å². The molecule has 29 heavy (non-hydrogen) atoms. The molecule has 7 nitrogen and oxygen atoms in total. The van der Waals surface area contributed by atoms with E-state index in [1.807, 2.05) is 49.3 Å². The van der Waals surface area contributed by atoms with E-state index in [1.165, 1.54) is 12.1 Å². The molecule has 2 aromatic rings. The zero-order valence-electron chi connectivity index (χ0n) is 16.6. The lowest BCUT2D eigenvalue weighted by Crippen LogP contribution is -2.18. The van der Waals surface area contributed by atoms with Gasteiger partial charge in [0.25, 0.3) is 0 Å². The van der Waals surface area contributed by atoms with Crippen molar-refractivity contribution in [1.29, 1.82) is 0 Å². The van der Waals surface area contributed by atoms with Gasteiger partial charge in [0.05, 0.1) is 24.4 Å². The Kier molecular flexibility index (Phi) is 5.97. The van der Waals surface area contributed by atoms with Crippen LogP contribution in [0.2, 0.25) is 0 Å². The molecule has 0 saturated heterocycles. The molecule has 2 aromatic carbocycles. The molecule has 1 aliphatic rings. The van der Waals surface area contributed by atoms with Gasteiger partial charge in [-0.15, -0.1) is 0 Å². The second-order valence-electron chi connectivity index (χ2n) is 6.73. The highest BCUT2D eigenvalue weighted by atomic mass is 16.5. The summed E-state index contributed by atoms with van der Waals surface area (Å²) < 4.78 is 5.16. The lowest BCUT2D eigenvalue weighted by molar-refractivity contribution is -0.134. The van der Waals surface area contributed by atoms with Crippen molar-refractivity contribution in [2.75, 3.05) is 37.2 Å². The van der Waals surface area contributed by atoms with Crippen LogP contribution in [-0.4, -0.2) is 50.0 Å². The van der Waals surface area contributed by atoms with Crippen LogP contribution >= 0.6 is 0 Å². The Balaban J connectivity index is 1.90. The van der Waals surface area contributed by atoms with Crippen molar-refractivity contribution in [2.24, 2.45) is 5.10 Å². The van der Waals surface area contributed by atoms with Crippen molar-refractivity contribution in [3.63, 3.8) is 0 Å². The predicted molar refractivity (Wildman–Crippen MR) is 114 cm³/mol. The van der Waals surface area contributed by atoms with Crippen LogP contribution in [0, 0.1) is 0 Å². The summed E-state index contributed by atoms with van der Waals surface area (Å²) in [5.74, 6) is -1.47. The minimum Gasteiger partial charge on any atom is -0.478 e. The van der Waals surface area contributed by atoms with Crippen LogP contribution in [0.5, 0.6) is 0 Å². The summed E-state index contributed by atoms with van der Waals surface area (Å²) in [5.41, 5.74) is 3.92. The first-order chi connectivity index (χ1) is 13.9. The van der Waals surface area contributed by atoms with Crippen molar-refractivity contribution in [3.05, 3.63) is 65.2 Å². The highest BCUT2D eigenvalue weighted by molar-refractivity contribution is 6.45. The van der Waals surface area contributed by atoms with Crippen molar-refractivity contribution >= 4 is 35.1 Å². The van der Waals surface area contributed by atoms with E-state index in [0.717, 1.165) is 16.8 Å². The number of ether oxygens (including phenoxy) is 1. The molecule has 7 heteroatoms. The van der Waals surface area contributed by atoms with Gasteiger partial charge >= 0.3 is 11.9 Å². The molecule has 3 rings (SSSR count). The standard InChI is InChI=1S/C22H23N3O4/c1-4-29-22(28)20-17(13-15-5-9-18(10-6-15)24(2)3)14-25(23-20)19-11-7-16(8-12-19)21(26)27/h5-13H,4,14H2,1-3H3,(H,26,27). The fourth-order valence-electron chi connectivity index (χ4n) is 2.94. The van der Waals surface area contributed by atoms with Crippen LogP contribution in [0.3, 0.4) is 0 Å². The number of esters is 1. The number of anilines is 2. The number of hydrogen-bond acceptors (Lipinski definition) is 6. The van der Waals surface area contributed by atoms with Crippen molar-refractivity contribution < 1.29 is 19.4 Å². The van der Waals surface area contributed by atoms with E-state index in [2.05, 4.69) is 5.10 Å². The molecule has 0 saturated carbocycles. The van der Waals surface area contributed by atoms with E-state index in [9.17, 15) is 9.59 Å². The smallest absolute Gasteiger partial charge is 0.359 e. The molecule has 150 valence electrons. The summed E-state index contributed by atoms with van der Waals surface area (Å²) in [4.78, 5) is 25.5. The fraction of sp³-hybridized carbons (Fsp3) is 0.227. The Bertz CT molecular complexity index is 961. The molecule has 0 spiro atoms. The second kappa shape index (κ2) is 8.60. The number of benzene rings is 2. The van der Waals surface area contributed by atoms with E-state index >= 15 is 0 Å². The predicted octanol–water partition coefficient (Wildman–Crippen LogP) is 3.27. The molecular formula is C22H23N3O4. The first-order valence-electron chi connectivity index (χ1n) is 9.24. The van der Waals surface area contributed by atoms with Crippen LogP contribution in [0.15, 0.2) is 59.2 Å². The summed E-state index contributed by atoms with van der Waals surface area (Å²) in [6.07, 6.45) is 1.92. The number of carbonyl (C=O) groups is 2. The van der Waals surface area contributed by atoms with Gasteiger partial charge in [-0.25, -0.2) is 9.59 Å². The number of carboxylic acids is 1. The zero-order chi connectivity index (χ0) is 21.0. The number of hydrazone groups is 1. The molecular weight excluding hydrogens is 370 g/mol. The number of rotatable bonds is 6. The third-order valence-electron chi connectivity index (χ3n) is 4.48. The lowest BCUT2D eigenvalue weighted by Gasteiger charge is -2.14. The Morgan fingerprint density at radius 2 is 1.79 bits per heavy atom. The first kappa shape index (κ1) is 20.1.